The molecule has 1 aromatic carbocycles. The molecule has 2 aromatic rings. The van der Waals surface area contributed by atoms with Gasteiger partial charge in [-0.05, 0) is 37.9 Å². The first-order valence-electron chi connectivity index (χ1n) is 8.16. The van der Waals surface area contributed by atoms with Crippen LogP contribution in [-0.4, -0.2) is 45.8 Å². The molecule has 5 rings (SSSR count). The molecule has 3 saturated heterocycles. The summed E-state index contributed by atoms with van der Waals surface area (Å²) in [5, 5.41) is 19.2. The van der Waals surface area contributed by atoms with Crippen LogP contribution in [0.3, 0.4) is 0 Å². The molecular formula is C17H18N4O3. The smallest absolute Gasteiger partial charge is 0.270 e. The molecule has 0 spiro atoms. The van der Waals surface area contributed by atoms with E-state index in [-0.39, 0.29) is 11.8 Å². The number of fused-ring (bicyclic) bond motifs is 3. The number of aromatic nitrogens is 2. The van der Waals surface area contributed by atoms with Crippen LogP contribution in [0.4, 0.5) is 5.69 Å². The molecule has 3 fully saturated rings. The Kier molecular flexibility index (Phi) is 3.86. The minimum absolute atomic E-state index is 0.0434. The van der Waals surface area contributed by atoms with E-state index in [0.717, 1.165) is 6.54 Å². The monoisotopic (exact) mass is 326 g/mol. The number of nitro groups is 1. The molecule has 0 unspecified atom stereocenters. The molecule has 3 aliphatic heterocycles. The number of hydrogen-bond acceptors (Lipinski definition) is 6. The highest BCUT2D eigenvalue weighted by molar-refractivity contribution is 5.62. The molecular weight excluding hydrogens is 308 g/mol. The zero-order valence-corrected chi connectivity index (χ0v) is 13.2. The lowest BCUT2D eigenvalue weighted by Gasteiger charge is -2.44. The number of benzene rings is 1. The summed E-state index contributed by atoms with van der Waals surface area (Å²) >= 11 is 0. The lowest BCUT2D eigenvalue weighted by atomic mass is 9.86. The van der Waals surface area contributed by atoms with E-state index in [2.05, 4.69) is 15.1 Å². The average molecular weight is 326 g/mol. The highest BCUT2D eigenvalue weighted by atomic mass is 16.6. The molecule has 24 heavy (non-hydrogen) atoms. The second-order valence-corrected chi connectivity index (χ2v) is 6.36. The van der Waals surface area contributed by atoms with Crippen molar-refractivity contribution in [1.82, 2.24) is 15.1 Å². The Morgan fingerprint density at radius 1 is 1.17 bits per heavy atom. The van der Waals surface area contributed by atoms with Crippen molar-refractivity contribution in [1.29, 1.82) is 0 Å². The van der Waals surface area contributed by atoms with Crippen LogP contribution in [0.2, 0.25) is 0 Å². The van der Waals surface area contributed by atoms with Crippen molar-refractivity contribution < 1.29 is 9.66 Å². The summed E-state index contributed by atoms with van der Waals surface area (Å²) in [6.45, 7) is 3.29. The molecule has 1 aromatic heterocycles. The van der Waals surface area contributed by atoms with Gasteiger partial charge in [-0.25, -0.2) is 0 Å². The summed E-state index contributed by atoms with van der Waals surface area (Å²) in [5.41, 5.74) is 1.31. The van der Waals surface area contributed by atoms with Crippen LogP contribution in [0.5, 0.6) is 5.88 Å². The number of hydrogen-bond donors (Lipinski definition) is 0. The van der Waals surface area contributed by atoms with Crippen LogP contribution in [-0.2, 0) is 0 Å². The zero-order chi connectivity index (χ0) is 16.5. The molecule has 4 heterocycles. The highest BCUT2D eigenvalue weighted by Gasteiger charge is 2.35. The second kappa shape index (κ2) is 6.16. The Balaban J connectivity index is 1.49. The van der Waals surface area contributed by atoms with Crippen LogP contribution in [0.15, 0.2) is 36.4 Å². The van der Waals surface area contributed by atoms with Crippen molar-refractivity contribution in [3.63, 3.8) is 0 Å². The molecule has 1 atom stereocenters. The van der Waals surface area contributed by atoms with Gasteiger partial charge < -0.3 is 4.74 Å². The van der Waals surface area contributed by atoms with Crippen molar-refractivity contribution in [2.75, 3.05) is 19.6 Å². The maximum Gasteiger partial charge on any atom is 0.270 e. The van der Waals surface area contributed by atoms with Gasteiger partial charge in [0.2, 0.25) is 5.88 Å². The number of nitrogens with zero attached hydrogens (tertiary/aromatic N) is 4. The first kappa shape index (κ1) is 15.0. The topological polar surface area (TPSA) is 81.4 Å². The van der Waals surface area contributed by atoms with Gasteiger partial charge in [0.25, 0.3) is 5.69 Å². The Bertz CT molecular complexity index is 742. The normalized spacial score (nSPS) is 25.4. The second-order valence-electron chi connectivity index (χ2n) is 6.36. The average Bonchev–Trinajstić information content (AvgIpc) is 2.63. The Labute approximate surface area is 139 Å². The summed E-state index contributed by atoms with van der Waals surface area (Å²) < 4.78 is 6.02. The molecule has 0 aliphatic carbocycles. The predicted molar refractivity (Wildman–Crippen MR) is 87.7 cm³/mol. The fourth-order valence-corrected chi connectivity index (χ4v) is 3.52. The summed E-state index contributed by atoms with van der Waals surface area (Å²) in [5.74, 6) is 1.12. The van der Waals surface area contributed by atoms with Crippen molar-refractivity contribution >= 4 is 5.69 Å². The molecule has 124 valence electrons. The van der Waals surface area contributed by atoms with Crippen LogP contribution in [0.1, 0.15) is 12.8 Å². The summed E-state index contributed by atoms with van der Waals surface area (Å²) in [4.78, 5) is 12.9. The van der Waals surface area contributed by atoms with Gasteiger partial charge in [-0.3, -0.25) is 15.0 Å². The molecule has 7 heteroatoms. The Morgan fingerprint density at radius 2 is 2.00 bits per heavy atom. The van der Waals surface area contributed by atoms with E-state index in [1.807, 2.05) is 0 Å². The maximum absolute atomic E-state index is 10.9. The van der Waals surface area contributed by atoms with Crippen molar-refractivity contribution in [2.45, 2.75) is 18.9 Å². The third-order valence-electron chi connectivity index (χ3n) is 4.86. The number of piperidine rings is 3. The molecule has 7 nitrogen and oxygen atoms in total. The molecule has 3 aliphatic rings. The zero-order valence-electron chi connectivity index (χ0n) is 13.2. The van der Waals surface area contributed by atoms with Crippen molar-refractivity contribution in [3.05, 3.63) is 46.5 Å². The lowest BCUT2D eigenvalue weighted by Crippen LogP contribution is -2.52. The molecule has 0 amide bonds. The third kappa shape index (κ3) is 2.94. The Hall–Kier alpha value is -2.54. The number of nitro benzene ring substituents is 1. The van der Waals surface area contributed by atoms with Gasteiger partial charge in [0, 0.05) is 30.3 Å². The van der Waals surface area contributed by atoms with E-state index in [1.165, 1.54) is 38.1 Å². The number of ether oxygens (including phenoxy) is 1. The molecule has 0 N–H and O–H groups in total. The fourth-order valence-electron chi connectivity index (χ4n) is 3.52. The van der Waals surface area contributed by atoms with Crippen LogP contribution >= 0.6 is 0 Å². The predicted octanol–water partition coefficient (Wildman–Crippen LogP) is 2.52. The van der Waals surface area contributed by atoms with Gasteiger partial charge in [0.1, 0.15) is 6.10 Å². The number of non-ortho nitro benzene ring substituents is 1. The highest BCUT2D eigenvalue weighted by Crippen LogP contribution is 2.30. The first-order chi connectivity index (χ1) is 11.7. The minimum Gasteiger partial charge on any atom is -0.472 e. The van der Waals surface area contributed by atoms with E-state index < -0.39 is 4.92 Å². The third-order valence-corrected chi connectivity index (χ3v) is 4.86. The largest absolute Gasteiger partial charge is 0.472 e. The van der Waals surface area contributed by atoms with E-state index in [0.29, 0.717) is 23.1 Å². The van der Waals surface area contributed by atoms with Crippen molar-refractivity contribution in [3.8, 4) is 17.1 Å². The summed E-state index contributed by atoms with van der Waals surface area (Å²) in [6.07, 6.45) is 2.55. The SMILES string of the molecule is O=[N+]([O-])c1cccc(-c2ccc(O[C@H]3CN4CCC3CC4)nn2)c1. The van der Waals surface area contributed by atoms with E-state index in [9.17, 15) is 10.1 Å². The first-order valence-corrected chi connectivity index (χ1v) is 8.16. The van der Waals surface area contributed by atoms with Crippen molar-refractivity contribution in [2.24, 2.45) is 5.92 Å². The van der Waals surface area contributed by atoms with E-state index in [1.54, 1.807) is 24.3 Å². The van der Waals surface area contributed by atoms with Crippen LogP contribution in [0.25, 0.3) is 11.3 Å². The quantitative estimate of drug-likeness (QED) is 0.634. The molecule has 0 saturated carbocycles. The maximum atomic E-state index is 10.9. The van der Waals surface area contributed by atoms with Gasteiger partial charge in [-0.2, -0.15) is 0 Å². The molecule has 0 radical (unpaired) electrons. The lowest BCUT2D eigenvalue weighted by molar-refractivity contribution is -0.384. The van der Waals surface area contributed by atoms with Gasteiger partial charge in [-0.15, -0.1) is 10.2 Å². The number of rotatable bonds is 4. The van der Waals surface area contributed by atoms with Crippen LogP contribution < -0.4 is 4.74 Å². The van der Waals surface area contributed by atoms with Gasteiger partial charge in [0.15, 0.2) is 0 Å². The summed E-state index contributed by atoms with van der Waals surface area (Å²) in [7, 11) is 0. The standard InChI is InChI=1S/C17H18N4O3/c22-21(23)14-3-1-2-13(10-14)15-4-5-17(19-18-15)24-16-11-20-8-6-12(16)7-9-20/h1-5,10,12,16H,6-9,11H2/t16-/m0/s1. The Morgan fingerprint density at radius 3 is 2.62 bits per heavy atom. The fraction of sp³-hybridized carbons (Fsp3) is 0.412. The van der Waals surface area contributed by atoms with Gasteiger partial charge in [0.05, 0.1) is 10.6 Å². The summed E-state index contributed by atoms with van der Waals surface area (Å²) in [6, 6.07) is 9.97. The van der Waals surface area contributed by atoms with Crippen LogP contribution in [0, 0.1) is 16.0 Å². The van der Waals surface area contributed by atoms with E-state index >= 15 is 0 Å². The van der Waals surface area contributed by atoms with E-state index in [4.69, 9.17) is 4.74 Å². The van der Waals surface area contributed by atoms with Gasteiger partial charge >= 0.3 is 0 Å². The minimum atomic E-state index is -0.415. The van der Waals surface area contributed by atoms with Gasteiger partial charge in [-0.1, -0.05) is 12.1 Å². The molecule has 2 bridgehead atoms.